The van der Waals surface area contributed by atoms with Crippen LogP contribution < -0.4 is 21.2 Å². The number of hydrogen-bond donors (Lipinski definition) is 0. The van der Waals surface area contributed by atoms with Crippen LogP contribution in [0, 0.1) is 5.41 Å². The standard InChI is InChI=1S/C60H76P2/c1-15-43-60(16-2,54(44-23-19-17-20-24-44)61(50-35-27-46(28-36-50)56(3,4)5)51-37-29-47(30-38-51)57(6,7)8)55(45-25-21-18-22-26-45)62(52-39-31-48(32-40-52)58(9,10)11)53-41-33-49(34-42-53)59(12,13)14/h17-42,54-55H,15-16,43H2,1-14H3. The van der Waals surface area contributed by atoms with Crippen molar-refractivity contribution < 1.29 is 0 Å². The lowest BCUT2D eigenvalue weighted by Gasteiger charge is -2.52. The highest BCUT2D eigenvalue weighted by molar-refractivity contribution is 7.74. The summed E-state index contributed by atoms with van der Waals surface area (Å²) < 4.78 is 0. The second-order valence-electron chi connectivity index (χ2n) is 21.9. The van der Waals surface area contributed by atoms with Crippen molar-refractivity contribution in [3.05, 3.63) is 191 Å². The second-order valence-corrected chi connectivity index (χ2v) is 26.5. The Bertz CT molecular complexity index is 2010. The fourth-order valence-electron chi connectivity index (χ4n) is 9.58. The van der Waals surface area contributed by atoms with E-state index < -0.39 is 15.8 Å². The third kappa shape index (κ3) is 10.6. The molecule has 0 spiro atoms. The molecule has 6 rings (SSSR count). The van der Waals surface area contributed by atoms with E-state index in [1.165, 1.54) is 54.6 Å². The summed E-state index contributed by atoms with van der Waals surface area (Å²) in [5.74, 6) is 0. The van der Waals surface area contributed by atoms with Gasteiger partial charge in [0, 0.05) is 11.3 Å². The van der Waals surface area contributed by atoms with Crippen LogP contribution in [0.5, 0.6) is 0 Å². The van der Waals surface area contributed by atoms with E-state index in [0.717, 1.165) is 19.3 Å². The van der Waals surface area contributed by atoms with Gasteiger partial charge in [-0.3, -0.25) is 0 Å². The summed E-state index contributed by atoms with van der Waals surface area (Å²) in [5.41, 5.74) is 9.05. The molecule has 6 aromatic rings. The molecule has 2 heteroatoms. The molecule has 0 fully saturated rings. The summed E-state index contributed by atoms with van der Waals surface area (Å²) in [4.78, 5) is 0. The van der Waals surface area contributed by atoms with Crippen molar-refractivity contribution in [1.29, 1.82) is 0 Å². The number of benzene rings is 6. The van der Waals surface area contributed by atoms with Gasteiger partial charge in [-0.2, -0.15) is 0 Å². The molecule has 0 aliphatic rings. The van der Waals surface area contributed by atoms with Crippen molar-refractivity contribution in [2.45, 2.75) is 149 Å². The van der Waals surface area contributed by atoms with Gasteiger partial charge in [-0.05, 0) is 110 Å². The molecule has 6 aromatic carbocycles. The van der Waals surface area contributed by atoms with Gasteiger partial charge in [0.1, 0.15) is 0 Å². The van der Waals surface area contributed by atoms with Crippen LogP contribution in [-0.2, 0) is 21.7 Å². The molecule has 0 aliphatic heterocycles. The quantitative estimate of drug-likeness (QED) is 0.102. The summed E-state index contributed by atoms with van der Waals surface area (Å²) in [6, 6.07) is 62.9. The van der Waals surface area contributed by atoms with Gasteiger partial charge in [-0.25, -0.2) is 0 Å². The first kappa shape index (κ1) is 47.7. The summed E-state index contributed by atoms with van der Waals surface area (Å²) in [6.45, 7) is 33.0. The molecule has 0 radical (unpaired) electrons. The first-order chi connectivity index (χ1) is 29.2. The number of rotatable bonds is 13. The van der Waals surface area contributed by atoms with Gasteiger partial charge in [0.25, 0.3) is 0 Å². The van der Waals surface area contributed by atoms with Crippen molar-refractivity contribution in [3.8, 4) is 0 Å². The minimum absolute atomic E-state index is 0.0726. The highest BCUT2D eigenvalue weighted by Gasteiger charge is 2.52. The van der Waals surface area contributed by atoms with E-state index in [4.69, 9.17) is 0 Å². The number of hydrogen-bond acceptors (Lipinski definition) is 0. The third-order valence-electron chi connectivity index (χ3n) is 13.3. The maximum atomic E-state index is 2.53. The van der Waals surface area contributed by atoms with Gasteiger partial charge in [0.2, 0.25) is 0 Å². The smallest absolute Gasteiger partial charge is 0.0188 e. The largest absolute Gasteiger partial charge is 0.0654 e. The van der Waals surface area contributed by atoms with Crippen molar-refractivity contribution in [2.75, 3.05) is 0 Å². The van der Waals surface area contributed by atoms with Crippen molar-refractivity contribution in [1.82, 2.24) is 0 Å². The Hall–Kier alpha value is -3.82. The first-order valence-corrected chi connectivity index (χ1v) is 26.1. The van der Waals surface area contributed by atoms with Gasteiger partial charge in [0.05, 0.1) is 0 Å². The Morgan fingerprint density at radius 2 is 0.581 bits per heavy atom. The zero-order valence-electron chi connectivity index (χ0n) is 40.7. The zero-order chi connectivity index (χ0) is 45.1. The lowest BCUT2D eigenvalue weighted by Crippen LogP contribution is -2.39. The summed E-state index contributed by atoms with van der Waals surface area (Å²) in [5, 5.41) is 5.83. The molecule has 0 aromatic heterocycles. The van der Waals surface area contributed by atoms with Crippen LogP contribution in [-0.4, -0.2) is 0 Å². The first-order valence-electron chi connectivity index (χ1n) is 23.3. The highest BCUT2D eigenvalue weighted by Crippen LogP contribution is 2.72. The molecular formula is C60H76P2. The van der Waals surface area contributed by atoms with Crippen LogP contribution in [0.1, 0.15) is 161 Å². The van der Waals surface area contributed by atoms with Crippen LogP contribution in [0.15, 0.2) is 158 Å². The van der Waals surface area contributed by atoms with Gasteiger partial charge < -0.3 is 0 Å². The summed E-state index contributed by atoms with van der Waals surface area (Å²) in [7, 11) is -1.82. The lowest BCUT2D eigenvalue weighted by atomic mass is 9.70. The van der Waals surface area contributed by atoms with Gasteiger partial charge >= 0.3 is 0 Å². The van der Waals surface area contributed by atoms with Crippen molar-refractivity contribution in [2.24, 2.45) is 5.41 Å². The third-order valence-corrected chi connectivity index (χ3v) is 19.3. The zero-order valence-corrected chi connectivity index (χ0v) is 42.5. The molecule has 0 amide bonds. The molecule has 0 saturated carbocycles. The Labute approximate surface area is 380 Å². The van der Waals surface area contributed by atoms with E-state index >= 15 is 0 Å². The Morgan fingerprint density at radius 1 is 0.339 bits per heavy atom. The molecule has 0 aliphatic carbocycles. The maximum absolute atomic E-state index is 2.53. The predicted octanol–water partition coefficient (Wildman–Crippen LogP) is 16.1. The fraction of sp³-hybridized carbons (Fsp3) is 0.400. The molecule has 2 unspecified atom stereocenters. The average Bonchev–Trinajstić information content (AvgIpc) is 3.24. The second kappa shape index (κ2) is 19.1. The fourth-order valence-corrected chi connectivity index (χ4v) is 16.3. The molecule has 326 valence electrons. The van der Waals surface area contributed by atoms with Gasteiger partial charge in [-0.15, -0.1) is 0 Å². The molecule has 0 nitrogen and oxygen atoms in total. The summed E-state index contributed by atoms with van der Waals surface area (Å²) in [6.07, 6.45) is 3.27. The van der Waals surface area contributed by atoms with Crippen LogP contribution in [0.3, 0.4) is 0 Å². The molecular weight excluding hydrogens is 783 g/mol. The SMILES string of the molecule is CCCC(CC)(C(c1ccccc1)P(c1ccc(C(C)(C)C)cc1)c1ccc(C(C)(C)C)cc1)C(c1ccccc1)P(c1ccc(C(C)(C)C)cc1)c1ccc(C(C)(C)C)cc1. The molecule has 0 saturated heterocycles. The molecule has 62 heavy (non-hydrogen) atoms. The van der Waals surface area contributed by atoms with Crippen LogP contribution in [0.25, 0.3) is 0 Å². The molecule has 0 bridgehead atoms. The van der Waals surface area contributed by atoms with Crippen LogP contribution >= 0.6 is 15.8 Å². The molecule has 2 atom stereocenters. The van der Waals surface area contributed by atoms with Crippen LogP contribution in [0.4, 0.5) is 0 Å². The van der Waals surface area contributed by atoms with E-state index in [9.17, 15) is 0 Å². The molecule has 0 heterocycles. The topological polar surface area (TPSA) is 0 Å². The average molecular weight is 859 g/mol. The normalized spacial score (nSPS) is 14.8. The van der Waals surface area contributed by atoms with E-state index in [1.54, 1.807) is 0 Å². The van der Waals surface area contributed by atoms with E-state index in [2.05, 4.69) is 255 Å². The minimum atomic E-state index is -0.909. The predicted molar refractivity (Wildman–Crippen MR) is 279 cm³/mol. The van der Waals surface area contributed by atoms with Crippen molar-refractivity contribution in [3.63, 3.8) is 0 Å². The van der Waals surface area contributed by atoms with Crippen LogP contribution in [0.2, 0.25) is 0 Å². The Balaban J connectivity index is 1.74. The monoisotopic (exact) mass is 859 g/mol. The Morgan fingerprint density at radius 3 is 0.774 bits per heavy atom. The van der Waals surface area contributed by atoms with E-state index in [1.807, 2.05) is 0 Å². The van der Waals surface area contributed by atoms with Gasteiger partial charge in [0.15, 0.2) is 0 Å². The molecule has 0 N–H and O–H groups in total. The maximum Gasteiger partial charge on any atom is 0.0188 e. The van der Waals surface area contributed by atoms with E-state index in [-0.39, 0.29) is 38.4 Å². The minimum Gasteiger partial charge on any atom is -0.0654 e. The van der Waals surface area contributed by atoms with E-state index in [0.29, 0.717) is 0 Å². The van der Waals surface area contributed by atoms with Gasteiger partial charge in [-0.1, -0.05) is 261 Å². The Kier molecular flexibility index (Phi) is 14.7. The lowest BCUT2D eigenvalue weighted by molar-refractivity contribution is 0.226. The van der Waals surface area contributed by atoms with Crippen molar-refractivity contribution >= 4 is 37.1 Å². The highest BCUT2D eigenvalue weighted by atomic mass is 31.1. The summed E-state index contributed by atoms with van der Waals surface area (Å²) >= 11 is 0.